The summed E-state index contributed by atoms with van der Waals surface area (Å²) in [5, 5.41) is 4.23. The van der Waals surface area contributed by atoms with E-state index in [9.17, 15) is 8.42 Å². The molecule has 2 N–H and O–H groups in total. The number of thiophene rings is 1. The molecule has 112 valence electrons. The maximum Gasteiger partial charge on any atom is 0.152 e. The van der Waals surface area contributed by atoms with Gasteiger partial charge in [0, 0.05) is 24.7 Å². The summed E-state index contributed by atoms with van der Waals surface area (Å²) in [6.07, 6.45) is 3.99. The van der Waals surface area contributed by atoms with Crippen molar-refractivity contribution in [2.24, 2.45) is 5.73 Å². The van der Waals surface area contributed by atoms with Gasteiger partial charge < -0.3 is 5.73 Å². The molecule has 1 aromatic rings. The molecule has 1 aliphatic carbocycles. The second kappa shape index (κ2) is 5.40. The molecular formula is C14H22N2O2S2. The van der Waals surface area contributed by atoms with E-state index in [4.69, 9.17) is 5.73 Å². The molecule has 0 amide bonds. The van der Waals surface area contributed by atoms with Crippen molar-refractivity contribution in [2.45, 2.75) is 43.8 Å². The van der Waals surface area contributed by atoms with Gasteiger partial charge in [-0.2, -0.15) is 11.3 Å². The van der Waals surface area contributed by atoms with E-state index in [0.29, 0.717) is 18.3 Å². The average molecular weight is 314 g/mol. The highest BCUT2D eigenvalue weighted by molar-refractivity contribution is 7.91. The molecule has 0 radical (unpaired) electrons. The van der Waals surface area contributed by atoms with Gasteiger partial charge in [0.2, 0.25) is 0 Å². The molecule has 1 atom stereocenters. The van der Waals surface area contributed by atoms with E-state index >= 15 is 0 Å². The van der Waals surface area contributed by atoms with Crippen LogP contribution in [0.1, 0.15) is 31.2 Å². The fourth-order valence-electron chi connectivity index (χ4n) is 3.33. The Morgan fingerprint density at radius 1 is 1.45 bits per heavy atom. The largest absolute Gasteiger partial charge is 0.329 e. The third-order valence-corrected chi connectivity index (χ3v) is 7.12. The van der Waals surface area contributed by atoms with Crippen molar-refractivity contribution in [1.82, 2.24) is 4.90 Å². The van der Waals surface area contributed by atoms with Gasteiger partial charge in [-0.15, -0.1) is 0 Å². The monoisotopic (exact) mass is 314 g/mol. The third-order valence-electron chi connectivity index (χ3n) is 4.50. The van der Waals surface area contributed by atoms with E-state index < -0.39 is 9.84 Å². The summed E-state index contributed by atoms with van der Waals surface area (Å²) in [6, 6.07) is 2.65. The van der Waals surface area contributed by atoms with Gasteiger partial charge in [-0.25, -0.2) is 8.42 Å². The highest BCUT2D eigenvalue weighted by atomic mass is 32.2. The molecular weight excluding hydrogens is 292 g/mol. The van der Waals surface area contributed by atoms with Gasteiger partial charge in [0.15, 0.2) is 9.84 Å². The highest BCUT2D eigenvalue weighted by Gasteiger charge is 2.47. The Morgan fingerprint density at radius 3 is 2.80 bits per heavy atom. The lowest BCUT2D eigenvalue weighted by molar-refractivity contribution is 0.0824. The minimum Gasteiger partial charge on any atom is -0.329 e. The van der Waals surface area contributed by atoms with Crippen LogP contribution in [-0.2, 0) is 16.4 Å². The standard InChI is InChI=1S/C14H22N2O2S2/c15-10-14(5-1-7-20(17,18)11-14)16(13-2-3-13)8-12-4-6-19-9-12/h4,6,9,13H,1-3,5,7-8,10-11,15H2. The van der Waals surface area contributed by atoms with Crippen molar-refractivity contribution in [1.29, 1.82) is 0 Å². The Balaban J connectivity index is 1.87. The van der Waals surface area contributed by atoms with E-state index in [1.165, 1.54) is 18.4 Å². The zero-order chi connectivity index (χ0) is 14.2. The predicted molar refractivity (Wildman–Crippen MR) is 82.6 cm³/mol. The molecule has 2 fully saturated rings. The minimum absolute atomic E-state index is 0.233. The third kappa shape index (κ3) is 2.93. The molecule has 2 heterocycles. The lowest BCUT2D eigenvalue weighted by Crippen LogP contribution is -2.60. The van der Waals surface area contributed by atoms with Crippen LogP contribution in [0.4, 0.5) is 0 Å². The molecule has 20 heavy (non-hydrogen) atoms. The lowest BCUT2D eigenvalue weighted by Gasteiger charge is -2.45. The fourth-order valence-corrected chi connectivity index (χ4v) is 5.96. The van der Waals surface area contributed by atoms with Gasteiger partial charge in [-0.05, 0) is 48.1 Å². The van der Waals surface area contributed by atoms with Crippen LogP contribution in [0.3, 0.4) is 0 Å². The van der Waals surface area contributed by atoms with E-state index in [1.54, 1.807) is 11.3 Å². The van der Waals surface area contributed by atoms with Crippen LogP contribution in [0.5, 0.6) is 0 Å². The van der Waals surface area contributed by atoms with Crippen LogP contribution in [0, 0.1) is 0 Å². The van der Waals surface area contributed by atoms with Crippen LogP contribution < -0.4 is 5.73 Å². The van der Waals surface area contributed by atoms with E-state index in [2.05, 4.69) is 21.7 Å². The Hall–Kier alpha value is -0.430. The van der Waals surface area contributed by atoms with Crippen LogP contribution >= 0.6 is 11.3 Å². The lowest BCUT2D eigenvalue weighted by atomic mass is 9.92. The molecule has 1 aliphatic heterocycles. The number of hydrogen-bond acceptors (Lipinski definition) is 5. The van der Waals surface area contributed by atoms with Crippen molar-refractivity contribution in [2.75, 3.05) is 18.1 Å². The van der Waals surface area contributed by atoms with Gasteiger partial charge in [-0.1, -0.05) is 0 Å². The fraction of sp³-hybridized carbons (Fsp3) is 0.714. The van der Waals surface area contributed by atoms with Crippen LogP contribution in [0.25, 0.3) is 0 Å². The first kappa shape index (κ1) is 14.5. The van der Waals surface area contributed by atoms with Crippen molar-refractivity contribution in [3.8, 4) is 0 Å². The maximum absolute atomic E-state index is 12.1. The molecule has 3 rings (SSSR count). The van der Waals surface area contributed by atoms with Gasteiger partial charge in [0.25, 0.3) is 0 Å². The predicted octanol–water partition coefficient (Wildman–Crippen LogP) is 1.62. The number of nitrogens with two attached hydrogens (primary N) is 1. The minimum atomic E-state index is -2.95. The summed E-state index contributed by atoms with van der Waals surface area (Å²) in [5.41, 5.74) is 6.98. The number of sulfone groups is 1. The molecule has 4 nitrogen and oxygen atoms in total. The molecule has 2 aliphatic rings. The second-order valence-electron chi connectivity index (χ2n) is 6.11. The van der Waals surface area contributed by atoms with E-state index in [0.717, 1.165) is 19.4 Å². The van der Waals surface area contributed by atoms with Gasteiger partial charge in [-0.3, -0.25) is 4.90 Å². The topological polar surface area (TPSA) is 63.4 Å². The van der Waals surface area contributed by atoms with Crippen molar-refractivity contribution >= 4 is 21.2 Å². The summed E-state index contributed by atoms with van der Waals surface area (Å²) < 4.78 is 24.2. The highest BCUT2D eigenvalue weighted by Crippen LogP contribution is 2.39. The molecule has 0 spiro atoms. The molecule has 1 saturated carbocycles. The van der Waals surface area contributed by atoms with Gasteiger partial charge in [0.05, 0.1) is 11.5 Å². The Kier molecular flexibility index (Phi) is 3.92. The first-order valence-electron chi connectivity index (χ1n) is 7.23. The maximum atomic E-state index is 12.1. The van der Waals surface area contributed by atoms with Crippen molar-refractivity contribution in [3.05, 3.63) is 22.4 Å². The Labute approximate surface area is 124 Å². The molecule has 1 aromatic heterocycles. The van der Waals surface area contributed by atoms with Crippen molar-refractivity contribution < 1.29 is 8.42 Å². The van der Waals surface area contributed by atoms with Crippen LogP contribution in [0.2, 0.25) is 0 Å². The summed E-state index contributed by atoms with van der Waals surface area (Å²) in [6.45, 7) is 1.27. The second-order valence-corrected chi connectivity index (χ2v) is 9.08. The normalized spacial score (nSPS) is 29.7. The average Bonchev–Trinajstić information content (AvgIpc) is 3.11. The summed E-state index contributed by atoms with van der Waals surface area (Å²) in [5.74, 6) is 0.558. The van der Waals surface area contributed by atoms with Crippen LogP contribution in [0.15, 0.2) is 16.8 Å². The Morgan fingerprint density at radius 2 is 2.25 bits per heavy atom. The number of rotatable bonds is 5. The zero-order valence-electron chi connectivity index (χ0n) is 11.6. The van der Waals surface area contributed by atoms with Gasteiger partial charge >= 0.3 is 0 Å². The van der Waals surface area contributed by atoms with Gasteiger partial charge in [0.1, 0.15) is 0 Å². The first-order valence-corrected chi connectivity index (χ1v) is 9.99. The van der Waals surface area contributed by atoms with Crippen LogP contribution in [-0.4, -0.2) is 42.9 Å². The smallest absolute Gasteiger partial charge is 0.152 e. The number of hydrogen-bond donors (Lipinski definition) is 1. The number of nitrogens with zero attached hydrogens (tertiary/aromatic N) is 1. The quantitative estimate of drug-likeness (QED) is 0.897. The zero-order valence-corrected chi connectivity index (χ0v) is 13.3. The molecule has 0 aromatic carbocycles. The first-order chi connectivity index (χ1) is 9.55. The van der Waals surface area contributed by atoms with E-state index in [1.807, 2.05) is 0 Å². The van der Waals surface area contributed by atoms with Crippen molar-refractivity contribution in [3.63, 3.8) is 0 Å². The Bertz CT molecular complexity index is 552. The summed E-state index contributed by atoms with van der Waals surface area (Å²) >= 11 is 1.69. The molecule has 1 unspecified atom stereocenters. The molecule has 0 bridgehead atoms. The molecule has 1 saturated heterocycles. The summed E-state index contributed by atoms with van der Waals surface area (Å²) in [7, 11) is -2.95. The summed E-state index contributed by atoms with van der Waals surface area (Å²) in [4.78, 5) is 2.39. The van der Waals surface area contributed by atoms with E-state index in [-0.39, 0.29) is 11.3 Å². The molecule has 6 heteroatoms. The SMILES string of the molecule is NCC1(N(Cc2ccsc2)C2CC2)CCCS(=O)(=O)C1.